The van der Waals surface area contributed by atoms with E-state index in [2.05, 4.69) is 41.8 Å². The van der Waals surface area contributed by atoms with Crippen molar-refractivity contribution in [2.24, 2.45) is 0 Å². The number of fused-ring (bicyclic) bond motifs is 1. The first kappa shape index (κ1) is 14.9. The van der Waals surface area contributed by atoms with Crippen molar-refractivity contribution >= 4 is 16.9 Å². The lowest BCUT2D eigenvalue weighted by molar-refractivity contribution is -0.126. The summed E-state index contributed by atoms with van der Waals surface area (Å²) in [4.78, 5) is 18.7. The molecule has 4 rings (SSSR count). The highest BCUT2D eigenvalue weighted by Crippen LogP contribution is 2.30. The van der Waals surface area contributed by atoms with E-state index < -0.39 is 0 Å². The fourth-order valence-electron chi connectivity index (χ4n) is 3.57. The van der Waals surface area contributed by atoms with Gasteiger partial charge in [-0.2, -0.15) is 0 Å². The fourth-order valence-corrected chi connectivity index (χ4v) is 3.57. The zero-order valence-electron chi connectivity index (χ0n) is 14.1. The van der Waals surface area contributed by atoms with E-state index in [1.165, 1.54) is 11.1 Å². The van der Waals surface area contributed by atoms with Gasteiger partial charge in [0, 0.05) is 32.5 Å². The molecule has 4 heteroatoms. The van der Waals surface area contributed by atoms with E-state index in [9.17, 15) is 4.79 Å². The normalized spacial score (nSPS) is 17.8. The first-order valence-electron chi connectivity index (χ1n) is 8.37. The van der Waals surface area contributed by atoms with Crippen molar-refractivity contribution in [1.82, 2.24) is 14.5 Å². The van der Waals surface area contributed by atoms with Crippen LogP contribution in [0.15, 0.2) is 48.5 Å². The molecule has 1 unspecified atom stereocenters. The zero-order valence-corrected chi connectivity index (χ0v) is 14.1. The van der Waals surface area contributed by atoms with Crippen LogP contribution in [0.25, 0.3) is 11.0 Å². The number of carbonyl (C=O) groups excluding carboxylic acids is 1. The van der Waals surface area contributed by atoms with E-state index in [1.807, 2.05) is 30.1 Å². The summed E-state index contributed by atoms with van der Waals surface area (Å²) in [7, 11) is 1.87. The molecule has 2 heterocycles. The number of hydrogen-bond donors (Lipinski definition) is 0. The Balaban J connectivity index is 1.82. The summed E-state index contributed by atoms with van der Waals surface area (Å²) in [6, 6.07) is 16.7. The van der Waals surface area contributed by atoms with Gasteiger partial charge in [-0.15, -0.1) is 0 Å². The van der Waals surface area contributed by atoms with Gasteiger partial charge in [0.05, 0.1) is 11.0 Å². The Morgan fingerprint density at radius 2 is 1.88 bits per heavy atom. The van der Waals surface area contributed by atoms with Gasteiger partial charge >= 0.3 is 0 Å². The molecule has 0 radical (unpaired) electrons. The number of carbonyl (C=O) groups is 1. The van der Waals surface area contributed by atoms with Gasteiger partial charge in [0.2, 0.25) is 5.91 Å². The maximum atomic E-state index is 12.0. The number of imidazole rings is 1. The highest BCUT2D eigenvalue weighted by molar-refractivity contribution is 5.80. The van der Waals surface area contributed by atoms with Crippen molar-refractivity contribution in [3.63, 3.8) is 0 Å². The summed E-state index contributed by atoms with van der Waals surface area (Å²) in [5.74, 6) is 1.39. The molecule has 1 fully saturated rings. The molecule has 0 spiro atoms. The van der Waals surface area contributed by atoms with Crippen molar-refractivity contribution in [2.45, 2.75) is 25.8 Å². The lowest BCUT2D eigenvalue weighted by Crippen LogP contribution is -2.19. The predicted octanol–water partition coefficient (Wildman–Crippen LogP) is 3.34. The maximum absolute atomic E-state index is 12.0. The average molecular weight is 319 g/mol. The van der Waals surface area contributed by atoms with Gasteiger partial charge in [0.15, 0.2) is 0 Å². The number of rotatable bonds is 3. The number of aromatic nitrogens is 2. The van der Waals surface area contributed by atoms with Crippen LogP contribution >= 0.6 is 0 Å². The Labute approximate surface area is 141 Å². The van der Waals surface area contributed by atoms with Crippen LogP contribution in [-0.4, -0.2) is 34.0 Å². The number of likely N-dealkylation sites (N-methyl/N-ethyl adjacent to an activating group) is 1. The van der Waals surface area contributed by atoms with Crippen LogP contribution in [0.1, 0.15) is 29.3 Å². The third-order valence-electron chi connectivity index (χ3n) is 4.98. The summed E-state index contributed by atoms with van der Waals surface area (Å²) >= 11 is 0. The van der Waals surface area contributed by atoms with Gasteiger partial charge in [0.25, 0.3) is 0 Å². The molecule has 0 aliphatic carbocycles. The summed E-state index contributed by atoms with van der Waals surface area (Å²) in [6.07, 6.45) is 0.549. The van der Waals surface area contributed by atoms with E-state index in [0.717, 1.165) is 29.9 Å². The number of para-hydroxylation sites is 2. The van der Waals surface area contributed by atoms with Crippen molar-refractivity contribution in [1.29, 1.82) is 0 Å². The first-order valence-corrected chi connectivity index (χ1v) is 8.37. The van der Waals surface area contributed by atoms with Crippen LogP contribution in [0.3, 0.4) is 0 Å². The lowest BCUT2D eigenvalue weighted by atomic mass is 10.1. The molecular weight excluding hydrogens is 298 g/mol. The van der Waals surface area contributed by atoms with Gasteiger partial charge in [-0.25, -0.2) is 4.98 Å². The molecule has 122 valence electrons. The van der Waals surface area contributed by atoms with Gasteiger partial charge in [-0.3, -0.25) is 4.79 Å². The third kappa shape index (κ3) is 2.48. The Bertz CT molecular complexity index is 912. The summed E-state index contributed by atoms with van der Waals surface area (Å²) in [5, 5.41) is 0. The van der Waals surface area contributed by atoms with E-state index in [1.54, 1.807) is 0 Å². The predicted molar refractivity (Wildman–Crippen MR) is 95.0 cm³/mol. The quantitative estimate of drug-likeness (QED) is 0.742. The maximum Gasteiger partial charge on any atom is 0.223 e. The number of hydrogen-bond acceptors (Lipinski definition) is 2. The smallest absolute Gasteiger partial charge is 0.223 e. The van der Waals surface area contributed by atoms with Crippen LogP contribution < -0.4 is 0 Å². The van der Waals surface area contributed by atoms with Crippen molar-refractivity contribution in [3.05, 3.63) is 65.5 Å². The summed E-state index contributed by atoms with van der Waals surface area (Å²) < 4.78 is 2.29. The largest absolute Gasteiger partial charge is 0.345 e. The molecule has 1 aliphatic heterocycles. The number of benzene rings is 2. The second kappa shape index (κ2) is 5.78. The minimum atomic E-state index is 0.166. The minimum absolute atomic E-state index is 0.166. The topological polar surface area (TPSA) is 38.1 Å². The van der Waals surface area contributed by atoms with Crippen LogP contribution in [0, 0.1) is 6.92 Å². The van der Waals surface area contributed by atoms with Crippen LogP contribution in [-0.2, 0) is 11.3 Å². The molecule has 1 saturated heterocycles. The summed E-state index contributed by atoms with van der Waals surface area (Å²) in [5.41, 5.74) is 4.71. The molecule has 1 atom stereocenters. The summed E-state index contributed by atoms with van der Waals surface area (Å²) in [6.45, 7) is 3.67. The molecule has 0 N–H and O–H groups in total. The number of nitrogens with zero attached hydrogens (tertiary/aromatic N) is 3. The van der Waals surface area contributed by atoms with E-state index in [-0.39, 0.29) is 11.8 Å². The monoisotopic (exact) mass is 319 g/mol. The van der Waals surface area contributed by atoms with Gasteiger partial charge < -0.3 is 9.47 Å². The zero-order chi connectivity index (χ0) is 16.7. The Morgan fingerprint density at radius 1 is 1.12 bits per heavy atom. The van der Waals surface area contributed by atoms with Gasteiger partial charge in [-0.1, -0.05) is 36.4 Å². The Hall–Kier alpha value is -2.62. The van der Waals surface area contributed by atoms with E-state index >= 15 is 0 Å². The number of aryl methyl sites for hydroxylation is 1. The standard InChI is InChI=1S/C20H21N3O/c1-14-7-3-4-8-15(14)13-23-18-10-6-5-9-17(18)21-20(23)16-11-19(24)22(2)12-16/h3-10,16H,11-13H2,1-2H3. The highest BCUT2D eigenvalue weighted by Gasteiger charge is 2.31. The molecule has 1 aliphatic rings. The van der Waals surface area contributed by atoms with Gasteiger partial charge in [0.1, 0.15) is 5.82 Å². The van der Waals surface area contributed by atoms with Crippen LogP contribution in [0.4, 0.5) is 0 Å². The second-order valence-electron chi connectivity index (χ2n) is 6.65. The lowest BCUT2D eigenvalue weighted by Gasteiger charge is -2.15. The second-order valence-corrected chi connectivity index (χ2v) is 6.65. The van der Waals surface area contributed by atoms with Crippen molar-refractivity contribution in [3.8, 4) is 0 Å². The van der Waals surface area contributed by atoms with Crippen molar-refractivity contribution < 1.29 is 4.79 Å². The molecule has 4 nitrogen and oxygen atoms in total. The fraction of sp³-hybridized carbons (Fsp3) is 0.300. The van der Waals surface area contributed by atoms with Gasteiger partial charge in [-0.05, 0) is 30.2 Å². The first-order chi connectivity index (χ1) is 11.6. The highest BCUT2D eigenvalue weighted by atomic mass is 16.2. The van der Waals surface area contributed by atoms with E-state index in [4.69, 9.17) is 4.98 Å². The SMILES string of the molecule is Cc1ccccc1Cn1c(C2CC(=O)N(C)C2)nc2ccccc21. The Kier molecular flexibility index (Phi) is 3.60. The molecule has 24 heavy (non-hydrogen) atoms. The van der Waals surface area contributed by atoms with Crippen LogP contribution in [0.2, 0.25) is 0 Å². The molecule has 1 aromatic heterocycles. The van der Waals surface area contributed by atoms with Crippen molar-refractivity contribution in [2.75, 3.05) is 13.6 Å². The Morgan fingerprint density at radius 3 is 2.62 bits per heavy atom. The average Bonchev–Trinajstić information content (AvgIpc) is 3.11. The molecule has 0 saturated carbocycles. The number of likely N-dealkylation sites (tertiary alicyclic amines) is 1. The third-order valence-corrected chi connectivity index (χ3v) is 4.98. The van der Waals surface area contributed by atoms with E-state index in [0.29, 0.717) is 6.42 Å². The molecule has 2 aromatic carbocycles. The molecule has 3 aromatic rings. The molecular formula is C20H21N3O. The van der Waals surface area contributed by atoms with Crippen LogP contribution in [0.5, 0.6) is 0 Å². The minimum Gasteiger partial charge on any atom is -0.345 e. The molecule has 0 bridgehead atoms. The number of amides is 1. The molecule has 1 amide bonds.